The zero-order valence-corrected chi connectivity index (χ0v) is 14.1. The lowest BCUT2D eigenvalue weighted by Gasteiger charge is -2.32. The van der Waals surface area contributed by atoms with Gasteiger partial charge in [-0.3, -0.25) is 14.9 Å². The van der Waals surface area contributed by atoms with Crippen LogP contribution in [0.2, 0.25) is 0 Å². The number of carbonyl (C=O) groups excluding carboxylic acids is 1. The Morgan fingerprint density at radius 1 is 1.50 bits per heavy atom. The van der Waals surface area contributed by atoms with Crippen molar-refractivity contribution in [2.24, 2.45) is 0 Å². The second kappa shape index (κ2) is 7.53. The van der Waals surface area contributed by atoms with Crippen LogP contribution in [0.3, 0.4) is 0 Å². The number of pyridine rings is 1. The predicted molar refractivity (Wildman–Crippen MR) is 88.3 cm³/mol. The molecule has 0 bridgehead atoms. The number of amides is 1. The third-order valence-corrected chi connectivity index (χ3v) is 4.11. The monoisotopic (exact) mass is 329 g/mol. The maximum atomic E-state index is 12.5. The van der Waals surface area contributed by atoms with Gasteiger partial charge in [0.15, 0.2) is 11.6 Å². The van der Waals surface area contributed by atoms with Crippen LogP contribution < -0.4 is 0 Å². The average Bonchev–Trinajstić information content (AvgIpc) is 3.11. The fourth-order valence-corrected chi connectivity index (χ4v) is 2.69. The minimum atomic E-state index is -0.235. The molecule has 0 radical (unpaired) electrons. The Hall–Kier alpha value is -2.28. The van der Waals surface area contributed by atoms with Crippen LogP contribution in [-0.4, -0.2) is 50.7 Å². The molecule has 0 unspecified atom stereocenters. The number of ether oxygens (including phenoxy) is 1. The van der Waals surface area contributed by atoms with Crippen LogP contribution in [0.1, 0.15) is 49.5 Å². The summed E-state index contributed by atoms with van der Waals surface area (Å²) in [5.74, 6) is 1.86. The number of H-pyrrole nitrogens is 1. The van der Waals surface area contributed by atoms with Crippen molar-refractivity contribution in [2.75, 3.05) is 19.7 Å². The van der Waals surface area contributed by atoms with Gasteiger partial charge >= 0.3 is 0 Å². The van der Waals surface area contributed by atoms with Gasteiger partial charge in [-0.2, -0.15) is 5.10 Å². The highest BCUT2D eigenvalue weighted by Gasteiger charge is 2.27. The number of aryl methyl sites for hydroxylation is 1. The van der Waals surface area contributed by atoms with Crippen molar-refractivity contribution >= 4 is 5.91 Å². The Bertz CT molecular complexity index is 671. The van der Waals surface area contributed by atoms with Gasteiger partial charge in [-0.1, -0.05) is 19.9 Å². The molecular formula is C17H23N5O2. The van der Waals surface area contributed by atoms with E-state index in [1.807, 2.05) is 30.9 Å². The number of hydrogen-bond donors (Lipinski definition) is 1. The quantitative estimate of drug-likeness (QED) is 0.905. The molecule has 24 heavy (non-hydrogen) atoms. The van der Waals surface area contributed by atoms with Gasteiger partial charge < -0.3 is 9.64 Å². The highest BCUT2D eigenvalue weighted by atomic mass is 16.5. The van der Waals surface area contributed by atoms with Crippen molar-refractivity contribution in [1.29, 1.82) is 0 Å². The molecule has 0 spiro atoms. The van der Waals surface area contributed by atoms with E-state index in [0.29, 0.717) is 38.4 Å². The molecule has 1 saturated heterocycles. The average molecular weight is 329 g/mol. The minimum Gasteiger partial charge on any atom is -0.367 e. The molecule has 2 aromatic heterocycles. The van der Waals surface area contributed by atoms with Crippen LogP contribution in [-0.2, 0) is 16.0 Å². The second-order valence-corrected chi connectivity index (χ2v) is 6.29. The number of nitrogens with zero attached hydrogens (tertiary/aromatic N) is 4. The lowest BCUT2D eigenvalue weighted by Crippen LogP contribution is -2.42. The van der Waals surface area contributed by atoms with Gasteiger partial charge in [-0.25, -0.2) is 4.98 Å². The number of aromatic nitrogens is 4. The van der Waals surface area contributed by atoms with Crippen molar-refractivity contribution in [3.05, 3.63) is 41.7 Å². The third kappa shape index (κ3) is 3.97. The fraction of sp³-hybridized carbons (Fsp3) is 0.529. The first kappa shape index (κ1) is 16.6. The highest BCUT2D eigenvalue weighted by molar-refractivity contribution is 5.76. The largest absolute Gasteiger partial charge is 0.367 e. The van der Waals surface area contributed by atoms with E-state index in [0.717, 1.165) is 11.4 Å². The molecule has 0 saturated carbocycles. The van der Waals surface area contributed by atoms with Gasteiger partial charge in [0.2, 0.25) is 5.91 Å². The van der Waals surface area contributed by atoms with Gasteiger partial charge in [-0.15, -0.1) is 0 Å². The molecule has 3 rings (SSSR count). The highest BCUT2D eigenvalue weighted by Crippen LogP contribution is 2.21. The van der Waals surface area contributed by atoms with E-state index in [1.54, 1.807) is 12.4 Å². The summed E-state index contributed by atoms with van der Waals surface area (Å²) in [4.78, 5) is 22.9. The first-order chi connectivity index (χ1) is 11.6. The van der Waals surface area contributed by atoms with E-state index in [-0.39, 0.29) is 17.9 Å². The number of hydrogen-bond acceptors (Lipinski definition) is 5. The van der Waals surface area contributed by atoms with Crippen LogP contribution in [0.15, 0.2) is 24.5 Å². The fourth-order valence-electron chi connectivity index (χ4n) is 2.69. The van der Waals surface area contributed by atoms with Crippen LogP contribution >= 0.6 is 0 Å². The lowest BCUT2D eigenvalue weighted by molar-refractivity contribution is -0.139. The molecule has 1 aliphatic heterocycles. The number of morpholine rings is 1. The van der Waals surface area contributed by atoms with E-state index in [4.69, 9.17) is 4.74 Å². The summed E-state index contributed by atoms with van der Waals surface area (Å²) in [6.07, 6.45) is 4.49. The first-order valence-electron chi connectivity index (χ1n) is 8.34. The smallest absolute Gasteiger partial charge is 0.223 e. The van der Waals surface area contributed by atoms with Gasteiger partial charge in [0.1, 0.15) is 6.10 Å². The van der Waals surface area contributed by atoms with Crippen LogP contribution in [0, 0.1) is 0 Å². The maximum absolute atomic E-state index is 12.5. The van der Waals surface area contributed by atoms with Crippen molar-refractivity contribution in [1.82, 2.24) is 25.1 Å². The van der Waals surface area contributed by atoms with Gasteiger partial charge in [-0.05, 0) is 18.1 Å². The summed E-state index contributed by atoms with van der Waals surface area (Å²) in [5.41, 5.74) is 1.08. The first-order valence-corrected chi connectivity index (χ1v) is 8.34. The van der Waals surface area contributed by atoms with E-state index >= 15 is 0 Å². The Labute approximate surface area is 141 Å². The van der Waals surface area contributed by atoms with Crippen molar-refractivity contribution in [3.8, 4) is 0 Å². The van der Waals surface area contributed by atoms with E-state index in [9.17, 15) is 4.79 Å². The second-order valence-electron chi connectivity index (χ2n) is 6.29. The Kier molecular flexibility index (Phi) is 5.20. The molecule has 1 N–H and O–H groups in total. The van der Waals surface area contributed by atoms with Crippen molar-refractivity contribution in [2.45, 2.75) is 38.7 Å². The minimum absolute atomic E-state index is 0.135. The van der Waals surface area contributed by atoms with Crippen LogP contribution in [0.5, 0.6) is 0 Å². The molecule has 1 fully saturated rings. The maximum Gasteiger partial charge on any atom is 0.223 e. The molecule has 1 atom stereocenters. The van der Waals surface area contributed by atoms with Gasteiger partial charge in [0, 0.05) is 31.3 Å². The summed E-state index contributed by atoms with van der Waals surface area (Å²) >= 11 is 0. The molecule has 7 nitrogen and oxygen atoms in total. The number of rotatable bonds is 5. The van der Waals surface area contributed by atoms with E-state index in [2.05, 4.69) is 20.2 Å². The molecule has 0 aliphatic carbocycles. The van der Waals surface area contributed by atoms with Gasteiger partial charge in [0.05, 0.1) is 13.2 Å². The molecule has 128 valence electrons. The van der Waals surface area contributed by atoms with Gasteiger partial charge in [0.25, 0.3) is 0 Å². The molecular weight excluding hydrogens is 306 g/mol. The van der Waals surface area contributed by atoms with Crippen molar-refractivity contribution < 1.29 is 9.53 Å². The topological polar surface area (TPSA) is 84.0 Å². The standard InChI is InChI=1S/C17H23N5O2/c1-12(2)16-19-17(21-20-16)14-11-22(8-9-24-14)15(23)6-5-13-4-3-7-18-10-13/h3-4,7,10,12,14H,5-6,8-9,11H2,1-2H3,(H,19,20,21)/t14-/m1/s1. The van der Waals surface area contributed by atoms with Crippen LogP contribution in [0.4, 0.5) is 0 Å². The molecule has 2 aromatic rings. The molecule has 3 heterocycles. The zero-order chi connectivity index (χ0) is 16.9. The molecule has 0 aromatic carbocycles. The lowest BCUT2D eigenvalue weighted by atomic mass is 10.1. The van der Waals surface area contributed by atoms with Crippen LogP contribution in [0.25, 0.3) is 0 Å². The third-order valence-electron chi connectivity index (χ3n) is 4.11. The number of carbonyl (C=O) groups is 1. The number of aromatic amines is 1. The Morgan fingerprint density at radius 2 is 2.38 bits per heavy atom. The molecule has 1 aliphatic rings. The predicted octanol–water partition coefficient (Wildman–Crippen LogP) is 1.86. The summed E-state index contributed by atoms with van der Waals surface area (Å²) in [5, 5.41) is 7.15. The normalized spacial score (nSPS) is 18.1. The summed E-state index contributed by atoms with van der Waals surface area (Å²) < 4.78 is 5.76. The van der Waals surface area contributed by atoms with Crippen molar-refractivity contribution in [3.63, 3.8) is 0 Å². The SMILES string of the molecule is CC(C)c1n[nH]c([C@H]2CN(C(=O)CCc3cccnc3)CCO2)n1. The Balaban J connectivity index is 1.57. The number of nitrogens with one attached hydrogen (secondary N) is 1. The molecule has 7 heteroatoms. The Morgan fingerprint density at radius 3 is 3.08 bits per heavy atom. The zero-order valence-electron chi connectivity index (χ0n) is 14.1. The molecule has 1 amide bonds. The summed E-state index contributed by atoms with van der Waals surface area (Å²) in [7, 11) is 0. The summed E-state index contributed by atoms with van der Waals surface area (Å²) in [6.45, 7) is 5.74. The van der Waals surface area contributed by atoms with E-state index < -0.39 is 0 Å². The summed E-state index contributed by atoms with van der Waals surface area (Å²) in [6, 6.07) is 3.88. The van der Waals surface area contributed by atoms with E-state index in [1.165, 1.54) is 0 Å².